The maximum atomic E-state index is 4.06. The minimum absolute atomic E-state index is 0.732. The second-order valence-electron chi connectivity index (χ2n) is 2.71. The smallest absolute Gasteiger partial charge is 0.146 e. The Kier molecular flexibility index (Phi) is 2.56. The molecule has 0 fully saturated rings. The molecule has 0 radical (unpaired) electrons. The van der Waals surface area contributed by atoms with Gasteiger partial charge in [-0.15, -0.1) is 0 Å². The molecule has 0 aliphatic heterocycles. The summed E-state index contributed by atoms with van der Waals surface area (Å²) in [7, 11) is 0. The van der Waals surface area contributed by atoms with E-state index in [1.54, 1.807) is 12.4 Å². The summed E-state index contributed by atoms with van der Waals surface area (Å²) in [6.07, 6.45) is 5.27. The quantitative estimate of drug-likeness (QED) is 0.567. The first kappa shape index (κ1) is 8.50. The van der Waals surface area contributed by atoms with Crippen LogP contribution in [-0.4, -0.2) is 16.2 Å². The SMILES string of the molecule is C(=N/Nc1ccccn1)/c1ccc[nH]1. The van der Waals surface area contributed by atoms with Crippen LogP contribution in [0.15, 0.2) is 47.8 Å². The molecule has 2 heterocycles. The van der Waals surface area contributed by atoms with Gasteiger partial charge in [0, 0.05) is 12.4 Å². The second-order valence-corrected chi connectivity index (χ2v) is 2.71. The molecule has 0 aliphatic carbocycles. The molecule has 0 bridgehead atoms. The number of aromatic nitrogens is 2. The number of hydrogen-bond acceptors (Lipinski definition) is 3. The van der Waals surface area contributed by atoms with E-state index < -0.39 is 0 Å². The van der Waals surface area contributed by atoms with Crippen LogP contribution in [0.5, 0.6) is 0 Å². The first-order chi connectivity index (χ1) is 6.95. The predicted octanol–water partition coefficient (Wildman–Crippen LogP) is 1.86. The van der Waals surface area contributed by atoms with Crippen molar-refractivity contribution in [3.05, 3.63) is 48.4 Å². The minimum atomic E-state index is 0.732. The minimum Gasteiger partial charge on any atom is -0.360 e. The number of nitrogens with zero attached hydrogens (tertiary/aromatic N) is 2. The van der Waals surface area contributed by atoms with Crippen LogP contribution in [-0.2, 0) is 0 Å². The molecule has 0 spiro atoms. The zero-order chi connectivity index (χ0) is 9.64. The molecule has 0 unspecified atom stereocenters. The van der Waals surface area contributed by atoms with E-state index >= 15 is 0 Å². The van der Waals surface area contributed by atoms with Crippen LogP contribution in [0.4, 0.5) is 5.82 Å². The van der Waals surface area contributed by atoms with Gasteiger partial charge in [-0.2, -0.15) is 5.10 Å². The van der Waals surface area contributed by atoms with Gasteiger partial charge >= 0.3 is 0 Å². The molecule has 2 N–H and O–H groups in total. The highest BCUT2D eigenvalue weighted by molar-refractivity contribution is 5.77. The monoisotopic (exact) mass is 186 g/mol. The predicted molar refractivity (Wildman–Crippen MR) is 56.2 cm³/mol. The summed E-state index contributed by atoms with van der Waals surface area (Å²) in [5, 5.41) is 4.02. The maximum absolute atomic E-state index is 4.06. The fourth-order valence-corrected chi connectivity index (χ4v) is 1.02. The van der Waals surface area contributed by atoms with E-state index in [9.17, 15) is 0 Å². The third-order valence-corrected chi connectivity index (χ3v) is 1.67. The van der Waals surface area contributed by atoms with Gasteiger partial charge in [0.15, 0.2) is 0 Å². The second kappa shape index (κ2) is 4.23. The zero-order valence-electron chi connectivity index (χ0n) is 7.51. The van der Waals surface area contributed by atoms with E-state index in [1.165, 1.54) is 0 Å². The fraction of sp³-hybridized carbons (Fsp3) is 0. The molecule has 2 aromatic heterocycles. The van der Waals surface area contributed by atoms with Crippen molar-refractivity contribution in [2.24, 2.45) is 5.10 Å². The molecule has 2 aromatic rings. The van der Waals surface area contributed by atoms with Crippen molar-refractivity contribution in [3.8, 4) is 0 Å². The van der Waals surface area contributed by atoms with Gasteiger partial charge < -0.3 is 4.98 Å². The van der Waals surface area contributed by atoms with Crippen molar-refractivity contribution in [1.82, 2.24) is 9.97 Å². The first-order valence-electron chi connectivity index (χ1n) is 4.28. The Morgan fingerprint density at radius 1 is 1.29 bits per heavy atom. The molecule has 0 aliphatic rings. The summed E-state index contributed by atoms with van der Waals surface area (Å²) in [6.45, 7) is 0. The van der Waals surface area contributed by atoms with Gasteiger partial charge in [0.25, 0.3) is 0 Å². The largest absolute Gasteiger partial charge is 0.360 e. The van der Waals surface area contributed by atoms with Crippen LogP contribution in [0.3, 0.4) is 0 Å². The Morgan fingerprint density at radius 3 is 3.00 bits per heavy atom. The first-order valence-corrected chi connectivity index (χ1v) is 4.28. The van der Waals surface area contributed by atoms with E-state index in [0.717, 1.165) is 11.5 Å². The van der Waals surface area contributed by atoms with Crippen molar-refractivity contribution < 1.29 is 0 Å². The summed E-state index contributed by atoms with van der Waals surface area (Å²) >= 11 is 0. The van der Waals surface area contributed by atoms with Crippen LogP contribution in [0.2, 0.25) is 0 Å². The summed E-state index contributed by atoms with van der Waals surface area (Å²) < 4.78 is 0. The molecule has 4 heteroatoms. The number of nitrogens with one attached hydrogen (secondary N) is 2. The van der Waals surface area contributed by atoms with Gasteiger partial charge in [-0.3, -0.25) is 5.43 Å². The molecule has 0 amide bonds. The van der Waals surface area contributed by atoms with Gasteiger partial charge in [-0.25, -0.2) is 4.98 Å². The van der Waals surface area contributed by atoms with Crippen molar-refractivity contribution in [1.29, 1.82) is 0 Å². The summed E-state index contributed by atoms with van der Waals surface area (Å²) in [5.41, 5.74) is 3.77. The van der Waals surface area contributed by atoms with Crippen LogP contribution >= 0.6 is 0 Å². The van der Waals surface area contributed by atoms with Crippen molar-refractivity contribution >= 4 is 12.0 Å². The molecule has 0 atom stereocenters. The van der Waals surface area contributed by atoms with Crippen LogP contribution in [0.25, 0.3) is 0 Å². The van der Waals surface area contributed by atoms with Crippen molar-refractivity contribution in [3.63, 3.8) is 0 Å². The van der Waals surface area contributed by atoms with E-state index in [-0.39, 0.29) is 0 Å². The standard InChI is InChI=1S/C10H10N4/c1-2-6-12-10(5-1)14-13-8-9-4-3-7-11-9/h1-8,11H,(H,12,14)/b13-8-. The number of pyridine rings is 1. The third kappa shape index (κ3) is 2.20. The van der Waals surface area contributed by atoms with E-state index in [4.69, 9.17) is 0 Å². The molecule has 70 valence electrons. The normalized spacial score (nSPS) is 10.6. The van der Waals surface area contributed by atoms with E-state index in [0.29, 0.717) is 0 Å². The van der Waals surface area contributed by atoms with Gasteiger partial charge in [-0.05, 0) is 24.3 Å². The molecular weight excluding hydrogens is 176 g/mol. The van der Waals surface area contributed by atoms with Gasteiger partial charge in [-0.1, -0.05) is 6.07 Å². The molecule has 2 rings (SSSR count). The van der Waals surface area contributed by atoms with Gasteiger partial charge in [0.2, 0.25) is 0 Å². The fourth-order valence-electron chi connectivity index (χ4n) is 1.02. The number of rotatable bonds is 3. The highest BCUT2D eigenvalue weighted by Gasteiger charge is 1.87. The number of anilines is 1. The van der Waals surface area contributed by atoms with Crippen molar-refractivity contribution in [2.45, 2.75) is 0 Å². The molecule has 4 nitrogen and oxygen atoms in total. The van der Waals surface area contributed by atoms with Crippen LogP contribution in [0.1, 0.15) is 5.69 Å². The lowest BCUT2D eigenvalue weighted by atomic mass is 10.5. The molecule has 0 aromatic carbocycles. The average molecular weight is 186 g/mol. The topological polar surface area (TPSA) is 53.1 Å². The molecule has 0 saturated heterocycles. The average Bonchev–Trinajstić information content (AvgIpc) is 2.72. The Morgan fingerprint density at radius 2 is 2.29 bits per heavy atom. The maximum Gasteiger partial charge on any atom is 0.146 e. The highest BCUT2D eigenvalue weighted by Crippen LogP contribution is 1.99. The Balaban J connectivity index is 1.95. The third-order valence-electron chi connectivity index (χ3n) is 1.67. The zero-order valence-corrected chi connectivity index (χ0v) is 7.51. The number of H-pyrrole nitrogens is 1. The highest BCUT2D eigenvalue weighted by atomic mass is 15.3. The van der Waals surface area contributed by atoms with Crippen LogP contribution in [0, 0.1) is 0 Å². The Hall–Kier alpha value is -2.10. The summed E-state index contributed by atoms with van der Waals surface area (Å²) in [4.78, 5) is 7.08. The lowest BCUT2D eigenvalue weighted by Crippen LogP contribution is -1.92. The molecular formula is C10H10N4. The van der Waals surface area contributed by atoms with Gasteiger partial charge in [0.1, 0.15) is 5.82 Å². The molecule has 0 saturated carbocycles. The summed E-state index contributed by atoms with van der Waals surface area (Å²) in [5.74, 6) is 0.732. The van der Waals surface area contributed by atoms with E-state index in [2.05, 4.69) is 20.5 Å². The lowest BCUT2D eigenvalue weighted by Gasteiger charge is -1.95. The Bertz CT molecular complexity index is 391. The Labute approximate surface area is 81.7 Å². The lowest BCUT2D eigenvalue weighted by molar-refractivity contribution is 1.23. The summed E-state index contributed by atoms with van der Waals surface area (Å²) in [6, 6.07) is 9.47. The van der Waals surface area contributed by atoms with Gasteiger partial charge in [0.05, 0.1) is 11.9 Å². The number of hydrogen-bond donors (Lipinski definition) is 2. The number of aromatic amines is 1. The van der Waals surface area contributed by atoms with Crippen molar-refractivity contribution in [2.75, 3.05) is 5.43 Å². The van der Waals surface area contributed by atoms with E-state index in [1.807, 2.05) is 36.5 Å². The van der Waals surface area contributed by atoms with Crippen LogP contribution < -0.4 is 5.43 Å². The number of hydrazone groups is 1. The molecule has 14 heavy (non-hydrogen) atoms.